The molecule has 152 valence electrons. The number of thiophene rings is 1. The third-order valence-corrected chi connectivity index (χ3v) is 7.24. The molecule has 0 spiro atoms. The molecule has 0 saturated heterocycles. The molecule has 0 atom stereocenters. The molecule has 1 aromatic carbocycles. The number of ketones is 1. The first-order valence-electron chi connectivity index (χ1n) is 10.6. The van der Waals surface area contributed by atoms with Gasteiger partial charge in [-0.05, 0) is 68.4 Å². The molecular formula is C24H24N4OS. The second-order valence-electron chi connectivity index (χ2n) is 8.45. The number of hydrogen-bond acceptors (Lipinski definition) is 6. The van der Waals surface area contributed by atoms with Gasteiger partial charge in [0.2, 0.25) is 0 Å². The van der Waals surface area contributed by atoms with E-state index in [1.807, 2.05) is 24.3 Å². The number of aromatic nitrogens is 1. The average molecular weight is 417 g/mol. The molecule has 2 heterocycles. The monoisotopic (exact) mass is 416 g/mol. The minimum absolute atomic E-state index is 0.142. The maximum absolute atomic E-state index is 13.0. The van der Waals surface area contributed by atoms with Crippen molar-refractivity contribution in [3.05, 3.63) is 47.0 Å². The van der Waals surface area contributed by atoms with Gasteiger partial charge >= 0.3 is 0 Å². The molecule has 2 aliphatic carbocycles. The van der Waals surface area contributed by atoms with Crippen molar-refractivity contribution in [1.29, 1.82) is 5.26 Å². The SMILES string of the molecule is N#Cc1ccc(-c2ccc3ncc(C(=O)C4CC4)c(NC4CCC(N)CC4)c3c2)s1. The van der Waals surface area contributed by atoms with Gasteiger partial charge in [0.1, 0.15) is 10.9 Å². The lowest BCUT2D eigenvalue weighted by Crippen LogP contribution is -2.33. The molecule has 6 heteroatoms. The first kappa shape index (κ1) is 19.2. The molecule has 2 fully saturated rings. The number of pyridine rings is 1. The Labute approximate surface area is 179 Å². The van der Waals surface area contributed by atoms with Crippen LogP contribution in [0.5, 0.6) is 0 Å². The van der Waals surface area contributed by atoms with Crippen LogP contribution in [0.3, 0.4) is 0 Å². The van der Waals surface area contributed by atoms with Gasteiger partial charge < -0.3 is 11.1 Å². The number of rotatable bonds is 5. The van der Waals surface area contributed by atoms with Gasteiger partial charge in [0, 0.05) is 34.5 Å². The van der Waals surface area contributed by atoms with E-state index >= 15 is 0 Å². The van der Waals surface area contributed by atoms with E-state index in [2.05, 4.69) is 22.4 Å². The lowest BCUT2D eigenvalue weighted by Gasteiger charge is -2.29. The minimum atomic E-state index is 0.142. The zero-order valence-electron chi connectivity index (χ0n) is 16.7. The number of nitrogens with zero attached hydrogens (tertiary/aromatic N) is 2. The van der Waals surface area contributed by atoms with E-state index in [9.17, 15) is 4.79 Å². The highest BCUT2D eigenvalue weighted by Gasteiger charge is 2.33. The van der Waals surface area contributed by atoms with Crippen molar-refractivity contribution in [3.63, 3.8) is 0 Å². The van der Waals surface area contributed by atoms with Gasteiger partial charge in [-0.25, -0.2) is 0 Å². The quantitative estimate of drug-likeness (QED) is 0.564. The molecule has 5 nitrogen and oxygen atoms in total. The smallest absolute Gasteiger partial charge is 0.169 e. The molecule has 0 radical (unpaired) electrons. The number of carbonyl (C=O) groups is 1. The van der Waals surface area contributed by atoms with Gasteiger partial charge in [-0.2, -0.15) is 5.26 Å². The first-order valence-corrected chi connectivity index (χ1v) is 11.4. The van der Waals surface area contributed by atoms with E-state index in [4.69, 9.17) is 11.0 Å². The molecule has 2 saturated carbocycles. The number of anilines is 1. The molecule has 0 unspecified atom stereocenters. The lowest BCUT2D eigenvalue weighted by molar-refractivity contribution is 0.0968. The fraction of sp³-hybridized carbons (Fsp3) is 0.375. The standard InChI is InChI=1S/C24H24N4OS/c25-12-18-8-10-22(30-18)15-3-9-21-19(11-15)23(28-17-6-4-16(26)5-7-17)20(13-27-21)24(29)14-1-2-14/h3,8-11,13-14,16-17H,1-2,4-7,26H2,(H,27,28). The number of nitriles is 1. The summed E-state index contributed by atoms with van der Waals surface area (Å²) in [6, 6.07) is 12.8. The van der Waals surface area contributed by atoms with Crippen LogP contribution in [-0.4, -0.2) is 22.9 Å². The Hall–Kier alpha value is -2.75. The van der Waals surface area contributed by atoms with Crippen LogP contribution in [0.2, 0.25) is 0 Å². The largest absolute Gasteiger partial charge is 0.381 e. The van der Waals surface area contributed by atoms with Crippen molar-refractivity contribution in [1.82, 2.24) is 4.98 Å². The third-order valence-electron chi connectivity index (χ3n) is 6.20. The first-order chi connectivity index (χ1) is 14.6. The van der Waals surface area contributed by atoms with Crippen molar-refractivity contribution in [2.75, 3.05) is 5.32 Å². The molecular weight excluding hydrogens is 392 g/mol. The molecule has 0 aliphatic heterocycles. The summed E-state index contributed by atoms with van der Waals surface area (Å²) in [5, 5.41) is 13.8. The van der Waals surface area contributed by atoms with Gasteiger partial charge in [0.25, 0.3) is 0 Å². The number of nitrogens with one attached hydrogen (secondary N) is 1. The van der Waals surface area contributed by atoms with E-state index in [1.165, 1.54) is 11.3 Å². The zero-order valence-corrected chi connectivity index (χ0v) is 17.5. The predicted octanol–water partition coefficient (Wildman–Crippen LogP) is 5.11. The normalized spacial score (nSPS) is 21.3. The summed E-state index contributed by atoms with van der Waals surface area (Å²) < 4.78 is 0. The second-order valence-corrected chi connectivity index (χ2v) is 9.53. The summed E-state index contributed by atoms with van der Waals surface area (Å²) in [6.07, 6.45) is 7.73. The van der Waals surface area contributed by atoms with Crippen LogP contribution in [0, 0.1) is 17.2 Å². The number of carbonyl (C=O) groups excluding carboxylic acids is 1. The summed E-state index contributed by atoms with van der Waals surface area (Å²) in [7, 11) is 0. The number of benzene rings is 1. The van der Waals surface area contributed by atoms with Gasteiger partial charge in [-0.3, -0.25) is 9.78 Å². The van der Waals surface area contributed by atoms with Crippen molar-refractivity contribution < 1.29 is 4.79 Å². The number of nitrogens with two attached hydrogens (primary N) is 1. The Morgan fingerprint density at radius 2 is 1.93 bits per heavy atom. The fourth-order valence-corrected chi connectivity index (χ4v) is 5.07. The highest BCUT2D eigenvalue weighted by Crippen LogP contribution is 2.39. The molecule has 0 amide bonds. The predicted molar refractivity (Wildman–Crippen MR) is 121 cm³/mol. The molecule has 5 rings (SSSR count). The number of fused-ring (bicyclic) bond motifs is 1. The summed E-state index contributed by atoms with van der Waals surface area (Å²) in [5.74, 6) is 0.343. The molecule has 0 bridgehead atoms. The topological polar surface area (TPSA) is 91.8 Å². The maximum atomic E-state index is 13.0. The third kappa shape index (κ3) is 3.71. The Morgan fingerprint density at radius 1 is 1.13 bits per heavy atom. The highest BCUT2D eigenvalue weighted by atomic mass is 32.1. The van der Waals surface area contributed by atoms with Crippen LogP contribution in [0.1, 0.15) is 53.8 Å². The van der Waals surface area contributed by atoms with Crippen LogP contribution in [0.15, 0.2) is 36.5 Å². The van der Waals surface area contributed by atoms with Crippen LogP contribution < -0.4 is 11.1 Å². The van der Waals surface area contributed by atoms with Crippen LogP contribution in [0.4, 0.5) is 5.69 Å². The van der Waals surface area contributed by atoms with Gasteiger partial charge in [-0.1, -0.05) is 6.07 Å². The van der Waals surface area contributed by atoms with Gasteiger partial charge in [0.15, 0.2) is 5.78 Å². The van der Waals surface area contributed by atoms with Crippen LogP contribution in [0.25, 0.3) is 21.3 Å². The van der Waals surface area contributed by atoms with Crippen molar-refractivity contribution >= 4 is 33.7 Å². The van der Waals surface area contributed by atoms with E-state index in [0.29, 0.717) is 16.5 Å². The molecule has 2 aliphatic rings. The van der Waals surface area contributed by atoms with Crippen molar-refractivity contribution in [2.24, 2.45) is 11.7 Å². The van der Waals surface area contributed by atoms with Crippen molar-refractivity contribution in [2.45, 2.75) is 50.6 Å². The van der Waals surface area contributed by atoms with Crippen LogP contribution >= 0.6 is 11.3 Å². The summed E-state index contributed by atoms with van der Waals surface area (Å²) >= 11 is 1.48. The fourth-order valence-electron chi connectivity index (χ4n) is 4.27. The number of hydrogen-bond donors (Lipinski definition) is 2. The summed E-state index contributed by atoms with van der Waals surface area (Å²) in [6.45, 7) is 0. The molecule has 2 aromatic heterocycles. The minimum Gasteiger partial charge on any atom is -0.381 e. The summed E-state index contributed by atoms with van der Waals surface area (Å²) in [4.78, 5) is 19.4. The Morgan fingerprint density at radius 3 is 2.63 bits per heavy atom. The maximum Gasteiger partial charge on any atom is 0.169 e. The average Bonchev–Trinajstić information content (AvgIpc) is 3.51. The van der Waals surface area contributed by atoms with E-state index < -0.39 is 0 Å². The van der Waals surface area contributed by atoms with E-state index in [-0.39, 0.29) is 17.7 Å². The highest BCUT2D eigenvalue weighted by molar-refractivity contribution is 7.16. The van der Waals surface area contributed by atoms with Gasteiger partial charge in [0.05, 0.1) is 16.8 Å². The number of Topliss-reactive ketones (excluding diaryl/α,β-unsaturated/α-hetero) is 1. The zero-order chi connectivity index (χ0) is 20.7. The Kier molecular flexibility index (Phi) is 5.01. The Balaban J connectivity index is 1.59. The summed E-state index contributed by atoms with van der Waals surface area (Å²) in [5.41, 5.74) is 9.63. The van der Waals surface area contributed by atoms with Crippen molar-refractivity contribution in [3.8, 4) is 16.5 Å². The second kappa shape index (κ2) is 7.82. The lowest BCUT2D eigenvalue weighted by atomic mass is 9.91. The van der Waals surface area contributed by atoms with Gasteiger partial charge in [-0.15, -0.1) is 11.3 Å². The van der Waals surface area contributed by atoms with E-state index in [1.54, 1.807) is 6.20 Å². The molecule has 30 heavy (non-hydrogen) atoms. The Bertz CT molecular complexity index is 1150. The van der Waals surface area contributed by atoms with E-state index in [0.717, 1.165) is 65.6 Å². The van der Waals surface area contributed by atoms with Crippen LogP contribution in [-0.2, 0) is 0 Å². The molecule has 3 aromatic rings. The molecule has 3 N–H and O–H groups in total.